The Kier molecular flexibility index (Phi) is 7.01. The first-order valence-corrected chi connectivity index (χ1v) is 9.65. The third-order valence-corrected chi connectivity index (χ3v) is 5.37. The second-order valence-electron chi connectivity index (χ2n) is 6.97. The van der Waals surface area contributed by atoms with Gasteiger partial charge in [-0.25, -0.2) is 4.39 Å². The number of carbonyl (C=O) groups excluding carboxylic acids is 1. The summed E-state index contributed by atoms with van der Waals surface area (Å²) < 4.78 is 13.3. The molecule has 1 amide bonds. The van der Waals surface area contributed by atoms with Crippen molar-refractivity contribution in [3.8, 4) is 0 Å². The Morgan fingerprint density at radius 1 is 1.19 bits per heavy atom. The lowest BCUT2D eigenvalue weighted by atomic mass is 9.85. The molecule has 0 bridgehead atoms. The van der Waals surface area contributed by atoms with Gasteiger partial charge in [0.05, 0.1) is 12.8 Å². The van der Waals surface area contributed by atoms with E-state index in [1.165, 1.54) is 12.1 Å². The first-order chi connectivity index (χ1) is 12.5. The quantitative estimate of drug-likeness (QED) is 0.891. The molecule has 0 radical (unpaired) electrons. The summed E-state index contributed by atoms with van der Waals surface area (Å²) in [4.78, 5) is 19.3. The van der Waals surface area contributed by atoms with Gasteiger partial charge in [-0.1, -0.05) is 20.8 Å². The number of hydrogen-bond acceptors (Lipinski definition) is 4. The topological polar surface area (TPSA) is 47.0 Å². The smallest absolute Gasteiger partial charge is 0.250 e. The Morgan fingerprint density at radius 3 is 2.31 bits per heavy atom. The van der Waals surface area contributed by atoms with Crippen LogP contribution in [0.15, 0.2) is 24.3 Å². The number of halogens is 1. The maximum Gasteiger partial charge on any atom is 0.250 e. The number of hydrogen-bond donors (Lipinski definition) is 1. The van der Waals surface area contributed by atoms with Crippen molar-refractivity contribution in [1.82, 2.24) is 9.80 Å². The zero-order chi connectivity index (χ0) is 19.3. The Bertz CT molecular complexity index is 585. The average Bonchev–Trinajstić information content (AvgIpc) is 2.92. The van der Waals surface area contributed by atoms with Crippen LogP contribution in [0, 0.1) is 5.82 Å². The van der Waals surface area contributed by atoms with Crippen LogP contribution in [0.5, 0.6) is 0 Å². The van der Waals surface area contributed by atoms with E-state index in [9.17, 15) is 14.3 Å². The van der Waals surface area contributed by atoms with Crippen molar-refractivity contribution in [2.24, 2.45) is 0 Å². The van der Waals surface area contributed by atoms with Gasteiger partial charge in [0.2, 0.25) is 5.91 Å². The predicted molar refractivity (Wildman–Crippen MR) is 103 cm³/mol. The van der Waals surface area contributed by atoms with E-state index in [2.05, 4.69) is 16.8 Å². The van der Waals surface area contributed by atoms with Crippen LogP contribution in [-0.4, -0.2) is 65.8 Å². The maximum atomic E-state index is 13.3. The minimum absolute atomic E-state index is 0.0902. The van der Waals surface area contributed by atoms with E-state index in [0.29, 0.717) is 19.6 Å². The zero-order valence-corrected chi connectivity index (χ0v) is 16.4. The Balaban J connectivity index is 0.00000117. The van der Waals surface area contributed by atoms with Gasteiger partial charge in [0.25, 0.3) is 0 Å². The van der Waals surface area contributed by atoms with Gasteiger partial charge in [0.1, 0.15) is 11.4 Å². The highest BCUT2D eigenvalue weighted by Crippen LogP contribution is 2.39. The molecule has 26 heavy (non-hydrogen) atoms. The van der Waals surface area contributed by atoms with Crippen LogP contribution in [0.3, 0.4) is 0 Å². The molecule has 1 aromatic carbocycles. The number of amides is 1. The van der Waals surface area contributed by atoms with Crippen molar-refractivity contribution in [3.05, 3.63) is 30.1 Å². The van der Waals surface area contributed by atoms with Crippen LogP contribution >= 0.6 is 0 Å². The molecule has 2 aliphatic rings. The number of aliphatic hydroxyl groups excluding tert-OH is 1. The van der Waals surface area contributed by atoms with Gasteiger partial charge in [-0.3, -0.25) is 4.79 Å². The lowest BCUT2D eigenvalue weighted by Crippen LogP contribution is -2.56. The summed E-state index contributed by atoms with van der Waals surface area (Å²) >= 11 is 0. The number of rotatable bonds is 4. The van der Waals surface area contributed by atoms with Crippen molar-refractivity contribution < 1.29 is 14.3 Å². The number of likely N-dealkylation sites (tertiary alicyclic amines) is 1. The van der Waals surface area contributed by atoms with Crippen LogP contribution < -0.4 is 4.90 Å². The highest BCUT2D eigenvalue weighted by Gasteiger charge is 2.53. The second kappa shape index (κ2) is 8.82. The first-order valence-electron chi connectivity index (χ1n) is 9.65. The number of nitrogens with zero attached hydrogens (tertiary/aromatic N) is 3. The predicted octanol–water partition coefficient (Wildman–Crippen LogP) is 2.69. The van der Waals surface area contributed by atoms with Gasteiger partial charge in [-0.05, 0) is 50.6 Å². The molecule has 0 saturated carbocycles. The largest absolute Gasteiger partial charge is 0.391 e. The summed E-state index contributed by atoms with van der Waals surface area (Å²) in [5.74, 6) is -0.188. The van der Waals surface area contributed by atoms with Crippen molar-refractivity contribution in [2.45, 2.75) is 51.7 Å². The molecule has 1 aromatic rings. The maximum absolute atomic E-state index is 13.3. The molecule has 1 unspecified atom stereocenters. The third-order valence-electron chi connectivity index (χ3n) is 5.37. The molecule has 0 aliphatic carbocycles. The fourth-order valence-corrected chi connectivity index (χ4v) is 3.73. The zero-order valence-electron chi connectivity index (χ0n) is 16.4. The number of β-amino-alcohol motifs (C(OH)–C–C–N with tert-alkyl or cyclic N) is 1. The van der Waals surface area contributed by atoms with E-state index in [0.717, 1.165) is 31.6 Å². The van der Waals surface area contributed by atoms with Gasteiger partial charge in [-0.2, -0.15) is 0 Å². The van der Waals surface area contributed by atoms with E-state index in [4.69, 9.17) is 0 Å². The van der Waals surface area contributed by atoms with Crippen molar-refractivity contribution in [1.29, 1.82) is 0 Å². The Hall–Kier alpha value is -1.66. The van der Waals surface area contributed by atoms with Crippen LogP contribution in [0.25, 0.3) is 0 Å². The lowest BCUT2D eigenvalue weighted by Gasteiger charge is -2.42. The molecule has 2 aliphatic heterocycles. The van der Waals surface area contributed by atoms with E-state index in [1.807, 2.05) is 20.8 Å². The second-order valence-corrected chi connectivity index (χ2v) is 6.97. The minimum Gasteiger partial charge on any atom is -0.391 e. The Labute approximate surface area is 156 Å². The summed E-state index contributed by atoms with van der Waals surface area (Å²) in [5.41, 5.74) is 0.292. The molecule has 2 saturated heterocycles. The Morgan fingerprint density at radius 2 is 1.77 bits per heavy atom. The molecule has 6 heteroatoms. The molecular weight excluding hydrogens is 333 g/mol. The van der Waals surface area contributed by atoms with Gasteiger partial charge in [0.15, 0.2) is 0 Å². The van der Waals surface area contributed by atoms with Crippen molar-refractivity contribution >= 4 is 11.6 Å². The first kappa shape index (κ1) is 20.6. The molecule has 2 heterocycles. The molecule has 1 spiro atoms. The summed E-state index contributed by atoms with van der Waals surface area (Å²) in [5, 5.41) is 9.99. The van der Waals surface area contributed by atoms with E-state index < -0.39 is 11.6 Å². The van der Waals surface area contributed by atoms with Gasteiger partial charge >= 0.3 is 0 Å². The minimum atomic E-state index is -0.572. The number of piperidine rings is 1. The van der Waals surface area contributed by atoms with Gasteiger partial charge in [0, 0.05) is 25.3 Å². The van der Waals surface area contributed by atoms with E-state index >= 15 is 0 Å². The highest BCUT2D eigenvalue weighted by molar-refractivity contribution is 5.93. The standard InChI is InChI=1S/C18H26FN3O2.C2H6/c1-3-16(23)12-21-13-22(15-6-4-14(19)5-7-15)18(17(21)24)8-10-20(2)11-9-18;1-2/h4-7,16,23H,3,8-13H2,1-2H3;1-2H3. The van der Waals surface area contributed by atoms with Crippen molar-refractivity contribution in [3.63, 3.8) is 0 Å². The molecule has 1 atom stereocenters. The molecule has 2 fully saturated rings. The number of anilines is 1. The summed E-state index contributed by atoms with van der Waals surface area (Å²) in [7, 11) is 2.06. The number of carbonyl (C=O) groups is 1. The molecule has 0 aromatic heterocycles. The van der Waals surface area contributed by atoms with Crippen LogP contribution in [0.4, 0.5) is 10.1 Å². The fraction of sp³-hybridized carbons (Fsp3) is 0.650. The van der Waals surface area contributed by atoms with Gasteiger partial charge in [-0.15, -0.1) is 0 Å². The monoisotopic (exact) mass is 365 g/mol. The van der Waals surface area contributed by atoms with E-state index in [-0.39, 0.29) is 11.7 Å². The fourth-order valence-electron chi connectivity index (χ4n) is 3.73. The van der Waals surface area contributed by atoms with Crippen LogP contribution in [0.2, 0.25) is 0 Å². The summed E-state index contributed by atoms with van der Waals surface area (Å²) in [6.45, 7) is 8.42. The molecule has 146 valence electrons. The third kappa shape index (κ3) is 4.01. The SMILES string of the molecule is CC.CCC(O)CN1CN(c2ccc(F)cc2)C2(CCN(C)CC2)C1=O. The van der Waals surface area contributed by atoms with Gasteiger partial charge < -0.3 is 19.8 Å². The number of aliphatic hydroxyl groups is 1. The normalized spacial score (nSPS) is 20.9. The molecule has 5 nitrogen and oxygen atoms in total. The average molecular weight is 365 g/mol. The molecule has 1 N–H and O–H groups in total. The van der Waals surface area contributed by atoms with Crippen LogP contribution in [-0.2, 0) is 4.79 Å². The van der Waals surface area contributed by atoms with Crippen LogP contribution in [0.1, 0.15) is 40.0 Å². The molecule has 3 rings (SSSR count). The number of benzene rings is 1. The highest BCUT2D eigenvalue weighted by atomic mass is 19.1. The van der Waals surface area contributed by atoms with E-state index in [1.54, 1.807) is 17.0 Å². The summed E-state index contributed by atoms with van der Waals surface area (Å²) in [6.07, 6.45) is 1.61. The summed E-state index contributed by atoms with van der Waals surface area (Å²) in [6, 6.07) is 6.35. The molecular formula is C20H32FN3O2. The lowest BCUT2D eigenvalue weighted by molar-refractivity contribution is -0.134. The van der Waals surface area contributed by atoms with Crippen molar-refractivity contribution in [2.75, 3.05) is 38.3 Å².